The van der Waals surface area contributed by atoms with Crippen molar-refractivity contribution < 1.29 is 14.3 Å². The number of benzene rings is 1. The lowest BCUT2D eigenvalue weighted by molar-refractivity contribution is -0.153. The lowest BCUT2D eigenvalue weighted by atomic mass is 9.99. The van der Waals surface area contributed by atoms with Crippen molar-refractivity contribution in [3.8, 4) is 0 Å². The lowest BCUT2D eigenvalue weighted by Crippen LogP contribution is -2.30. The van der Waals surface area contributed by atoms with Crippen LogP contribution >= 0.6 is 0 Å². The van der Waals surface area contributed by atoms with E-state index in [0.717, 1.165) is 6.42 Å². The minimum absolute atomic E-state index is 0.235. The molecule has 1 atom stereocenters. The summed E-state index contributed by atoms with van der Waals surface area (Å²) in [4.78, 5) is 24.0. The number of esters is 1. The van der Waals surface area contributed by atoms with Gasteiger partial charge in [0.1, 0.15) is 12.0 Å². The molecule has 0 heterocycles. The molecule has 0 radical (unpaired) electrons. The number of rotatable bonds is 8. The Bertz CT molecular complexity index is 553. The maximum atomic E-state index is 12.0. The van der Waals surface area contributed by atoms with Crippen LogP contribution in [0.1, 0.15) is 50.4 Å². The highest BCUT2D eigenvalue weighted by molar-refractivity contribution is 6.05. The number of ketones is 1. The summed E-state index contributed by atoms with van der Waals surface area (Å²) < 4.78 is 5.45. The molecule has 0 aromatic heterocycles. The van der Waals surface area contributed by atoms with E-state index < -0.39 is 11.6 Å². The van der Waals surface area contributed by atoms with Gasteiger partial charge in [-0.05, 0) is 39.7 Å². The van der Waals surface area contributed by atoms with E-state index in [1.807, 2.05) is 26.8 Å². The minimum Gasteiger partial charge on any atom is -0.455 e. The number of ether oxygens (including phenoxy) is 1. The second kappa shape index (κ2) is 8.32. The molecule has 0 bridgehead atoms. The molecule has 0 aliphatic rings. The summed E-state index contributed by atoms with van der Waals surface area (Å²) in [6.45, 7) is 9.59. The Labute approximate surface area is 132 Å². The van der Waals surface area contributed by atoms with Crippen LogP contribution in [0.5, 0.6) is 0 Å². The monoisotopic (exact) mass is 300 g/mol. The fraction of sp³-hybridized carbons (Fsp3) is 0.368. The van der Waals surface area contributed by atoms with Crippen LogP contribution in [0.15, 0.2) is 54.6 Å². The lowest BCUT2D eigenvalue weighted by Gasteiger charge is -2.25. The Hall–Kier alpha value is -2.16. The molecule has 0 spiro atoms. The molecule has 0 saturated heterocycles. The van der Waals surface area contributed by atoms with E-state index in [1.54, 1.807) is 30.3 Å². The zero-order chi connectivity index (χ0) is 16.6. The fourth-order valence-corrected chi connectivity index (χ4v) is 2.00. The average Bonchev–Trinajstić information content (AvgIpc) is 2.47. The van der Waals surface area contributed by atoms with E-state index >= 15 is 0 Å². The number of carbonyl (C=O) groups is 2. The standard InChI is InChI=1S/C19H24O3/c1-5-19(4,13-9-10-15(2)3)22-18(21)14-17(20)16-11-7-6-8-12-16/h5-8,10-12H,1,9,13-14H2,2-4H3. The third kappa shape index (κ3) is 6.08. The summed E-state index contributed by atoms with van der Waals surface area (Å²) in [5.74, 6) is -0.755. The summed E-state index contributed by atoms with van der Waals surface area (Å²) in [7, 11) is 0. The van der Waals surface area contributed by atoms with Gasteiger partial charge in [-0.3, -0.25) is 9.59 Å². The molecule has 1 aromatic rings. The molecule has 3 heteroatoms. The molecule has 1 rings (SSSR count). The zero-order valence-corrected chi connectivity index (χ0v) is 13.6. The van der Waals surface area contributed by atoms with Crippen molar-refractivity contribution in [3.05, 3.63) is 60.2 Å². The van der Waals surface area contributed by atoms with E-state index in [-0.39, 0.29) is 12.2 Å². The molecule has 0 amide bonds. The van der Waals surface area contributed by atoms with Crippen LogP contribution in [-0.2, 0) is 9.53 Å². The second-order valence-electron chi connectivity index (χ2n) is 5.78. The number of hydrogen-bond donors (Lipinski definition) is 0. The van der Waals surface area contributed by atoms with Crippen molar-refractivity contribution in [2.75, 3.05) is 0 Å². The molecule has 22 heavy (non-hydrogen) atoms. The van der Waals surface area contributed by atoms with E-state index in [9.17, 15) is 9.59 Å². The molecule has 0 saturated carbocycles. The zero-order valence-electron chi connectivity index (χ0n) is 13.6. The van der Waals surface area contributed by atoms with Crippen molar-refractivity contribution in [1.29, 1.82) is 0 Å². The Morgan fingerprint density at radius 2 is 1.86 bits per heavy atom. The van der Waals surface area contributed by atoms with E-state index in [2.05, 4.69) is 12.7 Å². The first-order valence-corrected chi connectivity index (χ1v) is 7.43. The molecular formula is C19H24O3. The molecule has 0 N–H and O–H groups in total. The van der Waals surface area contributed by atoms with Crippen LogP contribution in [0.3, 0.4) is 0 Å². The van der Waals surface area contributed by atoms with Crippen molar-refractivity contribution in [2.45, 2.75) is 45.6 Å². The van der Waals surface area contributed by atoms with Gasteiger partial charge >= 0.3 is 5.97 Å². The summed E-state index contributed by atoms with van der Waals surface area (Å²) >= 11 is 0. The van der Waals surface area contributed by atoms with Gasteiger partial charge < -0.3 is 4.74 Å². The third-order valence-corrected chi connectivity index (χ3v) is 3.37. The number of hydrogen-bond acceptors (Lipinski definition) is 3. The van der Waals surface area contributed by atoms with Crippen molar-refractivity contribution in [3.63, 3.8) is 0 Å². The smallest absolute Gasteiger partial charge is 0.314 e. The fourth-order valence-electron chi connectivity index (χ4n) is 2.00. The molecule has 3 nitrogen and oxygen atoms in total. The topological polar surface area (TPSA) is 43.4 Å². The predicted molar refractivity (Wildman–Crippen MR) is 88.7 cm³/mol. The average molecular weight is 300 g/mol. The highest BCUT2D eigenvalue weighted by atomic mass is 16.6. The van der Waals surface area contributed by atoms with Gasteiger partial charge in [0.05, 0.1) is 0 Å². The summed E-state index contributed by atoms with van der Waals surface area (Å²) in [6, 6.07) is 8.75. The van der Waals surface area contributed by atoms with Gasteiger partial charge in [0.25, 0.3) is 0 Å². The summed E-state index contributed by atoms with van der Waals surface area (Å²) in [5.41, 5.74) is 0.987. The van der Waals surface area contributed by atoms with E-state index in [0.29, 0.717) is 12.0 Å². The maximum absolute atomic E-state index is 12.0. The van der Waals surface area contributed by atoms with Gasteiger partial charge in [-0.2, -0.15) is 0 Å². The van der Waals surface area contributed by atoms with Crippen LogP contribution in [-0.4, -0.2) is 17.4 Å². The van der Waals surface area contributed by atoms with Crippen LogP contribution in [0, 0.1) is 0 Å². The molecule has 0 aliphatic heterocycles. The van der Waals surface area contributed by atoms with Crippen LogP contribution < -0.4 is 0 Å². The highest BCUT2D eigenvalue weighted by Crippen LogP contribution is 2.21. The Morgan fingerprint density at radius 1 is 1.23 bits per heavy atom. The van der Waals surface area contributed by atoms with E-state index in [4.69, 9.17) is 4.74 Å². The Balaban J connectivity index is 2.59. The first kappa shape index (κ1) is 17.9. The first-order chi connectivity index (χ1) is 10.4. The first-order valence-electron chi connectivity index (χ1n) is 7.43. The van der Waals surface area contributed by atoms with E-state index in [1.165, 1.54) is 5.57 Å². The Morgan fingerprint density at radius 3 is 2.41 bits per heavy atom. The minimum atomic E-state index is -0.750. The molecule has 118 valence electrons. The SMILES string of the molecule is C=CC(C)(CCC=C(C)C)OC(=O)CC(=O)c1ccccc1. The van der Waals surface area contributed by atoms with Gasteiger partial charge in [-0.15, -0.1) is 0 Å². The largest absolute Gasteiger partial charge is 0.455 e. The molecule has 0 aliphatic carbocycles. The third-order valence-electron chi connectivity index (χ3n) is 3.37. The van der Waals surface area contributed by atoms with Gasteiger partial charge in [0, 0.05) is 5.56 Å². The molecule has 1 aromatic carbocycles. The summed E-state index contributed by atoms with van der Waals surface area (Å²) in [5, 5.41) is 0. The maximum Gasteiger partial charge on any atom is 0.314 e. The quantitative estimate of drug-likeness (QED) is 0.307. The molecule has 0 fully saturated rings. The second-order valence-corrected chi connectivity index (χ2v) is 5.78. The number of Topliss-reactive ketones (excluding diaryl/α,β-unsaturated/α-hetero) is 1. The number of carbonyl (C=O) groups excluding carboxylic acids is 2. The van der Waals surface area contributed by atoms with Gasteiger partial charge in [-0.1, -0.05) is 48.6 Å². The van der Waals surface area contributed by atoms with Crippen LogP contribution in [0.4, 0.5) is 0 Å². The van der Waals surface area contributed by atoms with Gasteiger partial charge in [0.2, 0.25) is 0 Å². The predicted octanol–water partition coefficient (Wildman–Crippen LogP) is 4.49. The normalized spacial score (nSPS) is 12.9. The number of allylic oxidation sites excluding steroid dienone is 2. The Kier molecular flexibility index (Phi) is 6.77. The van der Waals surface area contributed by atoms with Crippen molar-refractivity contribution in [2.24, 2.45) is 0 Å². The van der Waals surface area contributed by atoms with Crippen LogP contribution in [0.2, 0.25) is 0 Å². The van der Waals surface area contributed by atoms with Crippen molar-refractivity contribution in [1.82, 2.24) is 0 Å². The summed E-state index contributed by atoms with van der Waals surface area (Å²) in [6.07, 6.45) is 4.90. The van der Waals surface area contributed by atoms with Gasteiger partial charge in [-0.25, -0.2) is 0 Å². The molecular weight excluding hydrogens is 276 g/mol. The van der Waals surface area contributed by atoms with Crippen molar-refractivity contribution >= 4 is 11.8 Å². The van der Waals surface area contributed by atoms with Gasteiger partial charge in [0.15, 0.2) is 5.78 Å². The van der Waals surface area contributed by atoms with Crippen LogP contribution in [0.25, 0.3) is 0 Å². The highest BCUT2D eigenvalue weighted by Gasteiger charge is 2.25. The molecule has 1 unspecified atom stereocenters.